The van der Waals surface area contributed by atoms with Gasteiger partial charge in [0.15, 0.2) is 5.17 Å². The Kier molecular flexibility index (Phi) is 7.53. The van der Waals surface area contributed by atoms with Crippen molar-refractivity contribution in [2.45, 2.75) is 37.5 Å². The fourth-order valence-corrected chi connectivity index (χ4v) is 3.54. The maximum Gasteiger partial charge on any atom is 0.236 e. The highest BCUT2D eigenvalue weighted by Crippen LogP contribution is 2.20. The molecule has 0 radical (unpaired) electrons. The van der Waals surface area contributed by atoms with Gasteiger partial charge in [-0.1, -0.05) is 50.1 Å². The Labute approximate surface area is 140 Å². The molecule has 1 aliphatic heterocycles. The van der Waals surface area contributed by atoms with Crippen LogP contribution in [0, 0.1) is 0 Å². The van der Waals surface area contributed by atoms with Crippen molar-refractivity contribution >= 4 is 40.8 Å². The minimum Gasteiger partial charge on any atom is -0.303 e. The number of nitrogens with zero attached hydrogens (tertiary/aromatic N) is 2. The number of hydrogen-bond acceptors (Lipinski definition) is 5. The number of benzene rings is 1. The van der Waals surface area contributed by atoms with Gasteiger partial charge in [0.05, 0.1) is 12.0 Å². The lowest BCUT2D eigenvalue weighted by molar-refractivity contribution is -0.116. The second kappa shape index (κ2) is 9.69. The summed E-state index contributed by atoms with van der Waals surface area (Å²) in [7, 11) is 0. The molecule has 1 aromatic carbocycles. The summed E-state index contributed by atoms with van der Waals surface area (Å²) in [4.78, 5) is 12.3. The number of carbonyl (C=O) groups excluding carboxylic acids is 1. The molecule has 1 aromatic rings. The molecule has 118 valence electrons. The minimum absolute atomic E-state index is 0.0135. The highest BCUT2D eigenvalue weighted by Gasteiger charge is 2.15. The number of amidine groups is 1. The van der Waals surface area contributed by atoms with E-state index in [0.717, 1.165) is 11.3 Å². The molecule has 0 bridgehead atoms. The standard InChI is InChI=1S/C16H21N3OS2/c1-2-3-4-5-9-21-14-8-6-7-13(10-14)11-17-19-16-18-15(20)12-22-16/h6-8,10-11H,2-5,9,12H2,1H3,(H,18,19,20). The maximum atomic E-state index is 11.0. The average molecular weight is 335 g/mol. The molecule has 0 aromatic heterocycles. The van der Waals surface area contributed by atoms with E-state index in [2.05, 4.69) is 34.6 Å². The Hall–Kier alpha value is -1.27. The first kappa shape index (κ1) is 17.1. The lowest BCUT2D eigenvalue weighted by Crippen LogP contribution is -2.19. The lowest BCUT2D eigenvalue weighted by atomic mass is 10.2. The van der Waals surface area contributed by atoms with Gasteiger partial charge in [0.25, 0.3) is 0 Å². The van der Waals surface area contributed by atoms with Gasteiger partial charge in [-0.05, 0) is 29.9 Å². The Balaban J connectivity index is 1.81. The third kappa shape index (κ3) is 6.23. The van der Waals surface area contributed by atoms with Crippen LogP contribution in [0.25, 0.3) is 0 Å². The predicted molar refractivity (Wildman–Crippen MR) is 96.9 cm³/mol. The Bertz CT molecular complexity index is 558. The highest BCUT2D eigenvalue weighted by atomic mass is 32.2. The van der Waals surface area contributed by atoms with Gasteiger partial charge < -0.3 is 5.32 Å². The zero-order valence-corrected chi connectivity index (χ0v) is 14.4. The fraction of sp³-hybridized carbons (Fsp3) is 0.438. The third-order valence-corrected chi connectivity index (χ3v) is 5.01. The SMILES string of the molecule is CCCCCCSc1cccc(C=NN=C2NC(=O)CS2)c1. The number of amides is 1. The van der Waals surface area contributed by atoms with Crippen LogP contribution in [0.5, 0.6) is 0 Å². The van der Waals surface area contributed by atoms with Crippen LogP contribution in [0.3, 0.4) is 0 Å². The molecule has 0 aliphatic carbocycles. The van der Waals surface area contributed by atoms with Crippen LogP contribution in [0.4, 0.5) is 0 Å². The molecule has 2 rings (SSSR count). The molecule has 0 atom stereocenters. The molecule has 1 N–H and O–H groups in total. The lowest BCUT2D eigenvalue weighted by Gasteiger charge is -2.02. The van der Waals surface area contributed by atoms with Gasteiger partial charge >= 0.3 is 0 Å². The van der Waals surface area contributed by atoms with E-state index in [1.165, 1.54) is 42.3 Å². The van der Waals surface area contributed by atoms with E-state index in [1.54, 1.807) is 6.21 Å². The van der Waals surface area contributed by atoms with Crippen molar-refractivity contribution in [3.63, 3.8) is 0 Å². The Morgan fingerprint density at radius 2 is 2.27 bits per heavy atom. The first-order valence-corrected chi connectivity index (χ1v) is 9.51. The van der Waals surface area contributed by atoms with E-state index in [1.807, 2.05) is 23.9 Å². The molecule has 1 saturated heterocycles. The Morgan fingerprint density at radius 3 is 3.05 bits per heavy atom. The summed E-state index contributed by atoms with van der Waals surface area (Å²) in [5, 5.41) is 11.3. The molecule has 4 nitrogen and oxygen atoms in total. The van der Waals surface area contributed by atoms with E-state index < -0.39 is 0 Å². The van der Waals surface area contributed by atoms with Crippen molar-refractivity contribution in [2.75, 3.05) is 11.5 Å². The molecule has 1 amide bonds. The highest BCUT2D eigenvalue weighted by molar-refractivity contribution is 8.15. The molecular weight excluding hydrogens is 314 g/mol. The van der Waals surface area contributed by atoms with Crippen molar-refractivity contribution < 1.29 is 4.79 Å². The summed E-state index contributed by atoms with van der Waals surface area (Å²) >= 11 is 3.26. The number of rotatable bonds is 8. The molecule has 0 saturated carbocycles. The summed E-state index contributed by atoms with van der Waals surface area (Å²) in [5.41, 5.74) is 1.03. The zero-order chi connectivity index (χ0) is 15.6. The Morgan fingerprint density at radius 1 is 1.36 bits per heavy atom. The van der Waals surface area contributed by atoms with Gasteiger partial charge in [-0.25, -0.2) is 0 Å². The normalized spacial score (nSPS) is 16.6. The van der Waals surface area contributed by atoms with Crippen molar-refractivity contribution in [3.05, 3.63) is 29.8 Å². The van der Waals surface area contributed by atoms with Crippen LogP contribution >= 0.6 is 23.5 Å². The van der Waals surface area contributed by atoms with E-state index in [4.69, 9.17) is 0 Å². The van der Waals surface area contributed by atoms with Crippen molar-refractivity contribution in [2.24, 2.45) is 10.2 Å². The molecular formula is C16H21N3OS2. The van der Waals surface area contributed by atoms with E-state index in [-0.39, 0.29) is 5.91 Å². The van der Waals surface area contributed by atoms with Gasteiger partial charge in [0, 0.05) is 4.90 Å². The molecule has 6 heteroatoms. The third-order valence-electron chi connectivity index (χ3n) is 3.07. The van der Waals surface area contributed by atoms with Crippen LogP contribution < -0.4 is 5.32 Å². The maximum absolute atomic E-state index is 11.0. The predicted octanol–water partition coefficient (Wildman–Crippen LogP) is 3.91. The smallest absolute Gasteiger partial charge is 0.236 e. The summed E-state index contributed by atoms with van der Waals surface area (Å²) in [6, 6.07) is 8.29. The van der Waals surface area contributed by atoms with Crippen molar-refractivity contribution in [1.82, 2.24) is 5.32 Å². The van der Waals surface area contributed by atoms with Crippen molar-refractivity contribution in [3.8, 4) is 0 Å². The van der Waals surface area contributed by atoms with Crippen LogP contribution in [0.2, 0.25) is 0 Å². The number of carbonyl (C=O) groups is 1. The summed E-state index contributed by atoms with van der Waals surface area (Å²) in [6.07, 6.45) is 6.89. The molecule has 0 spiro atoms. The van der Waals surface area contributed by atoms with Gasteiger partial charge in [-0.2, -0.15) is 5.10 Å². The van der Waals surface area contributed by atoms with Gasteiger partial charge in [0.2, 0.25) is 5.91 Å². The van der Waals surface area contributed by atoms with Crippen LogP contribution in [-0.2, 0) is 4.79 Å². The van der Waals surface area contributed by atoms with Gasteiger partial charge in [0.1, 0.15) is 0 Å². The van der Waals surface area contributed by atoms with E-state index >= 15 is 0 Å². The number of hydrogen-bond donors (Lipinski definition) is 1. The first-order valence-electron chi connectivity index (χ1n) is 7.54. The second-order valence-corrected chi connectivity index (χ2v) is 7.10. The number of nitrogens with one attached hydrogen (secondary N) is 1. The van der Waals surface area contributed by atoms with Crippen molar-refractivity contribution in [1.29, 1.82) is 0 Å². The van der Waals surface area contributed by atoms with Crippen LogP contribution in [-0.4, -0.2) is 28.8 Å². The number of unbranched alkanes of at least 4 members (excludes halogenated alkanes) is 3. The minimum atomic E-state index is -0.0135. The topological polar surface area (TPSA) is 53.8 Å². The summed E-state index contributed by atoms with van der Waals surface area (Å²) < 4.78 is 0. The first-order chi connectivity index (χ1) is 10.8. The van der Waals surface area contributed by atoms with Gasteiger partial charge in [-0.15, -0.1) is 16.9 Å². The second-order valence-electron chi connectivity index (χ2n) is 4.97. The van der Waals surface area contributed by atoms with E-state index in [9.17, 15) is 4.79 Å². The molecule has 1 aliphatic rings. The van der Waals surface area contributed by atoms with E-state index in [0.29, 0.717) is 10.9 Å². The molecule has 1 heterocycles. The quantitative estimate of drug-likeness (QED) is 0.339. The van der Waals surface area contributed by atoms with Gasteiger partial charge in [-0.3, -0.25) is 4.79 Å². The number of thioether (sulfide) groups is 2. The molecule has 0 unspecified atom stereocenters. The average Bonchev–Trinajstić information content (AvgIpc) is 2.93. The van der Waals surface area contributed by atoms with Crippen LogP contribution in [0.1, 0.15) is 38.2 Å². The summed E-state index contributed by atoms with van der Waals surface area (Å²) in [6.45, 7) is 2.23. The fourth-order valence-electron chi connectivity index (χ4n) is 1.93. The van der Waals surface area contributed by atoms with Crippen LogP contribution in [0.15, 0.2) is 39.4 Å². The zero-order valence-electron chi connectivity index (χ0n) is 12.7. The molecule has 22 heavy (non-hydrogen) atoms. The monoisotopic (exact) mass is 335 g/mol. The molecule has 1 fully saturated rings. The largest absolute Gasteiger partial charge is 0.303 e. The summed E-state index contributed by atoms with van der Waals surface area (Å²) in [5.74, 6) is 1.57.